The highest BCUT2D eigenvalue weighted by Crippen LogP contribution is 2.37. The molecule has 0 radical (unpaired) electrons. The standard InChI is InChI=1S/C49H81N9O21S2/c1-48(2,31-49(3,4)32-81(73,74)75)28-41(62)58-80(71,72)27-7-9-38(59)52-19-21-76-24-26-79-30-43(64)57-37(47(69)70)15-17-40(61)56-36(46(67)68)14-16-39(60)53-20-22-77-23-25-78-29-42(63)55-35(44(51)65)8-5-6-18-54-45(66)33-10-12-34(50)13-11-33/h10-13,35-37H,5-9,14-32,50H2,1-4H3,(H2,51,65)(H,52,59)(H,53,60)(H,54,66)(H,55,63)(H,56,61)(H,57,64)(H,58,62)(H,67,68)(H,69,70)(H,73,74,75)/t35-,36+,37?/m0/s1. The third-order valence-electron chi connectivity index (χ3n) is 11.2. The molecule has 0 aliphatic rings. The summed E-state index contributed by atoms with van der Waals surface area (Å²) >= 11 is 0. The molecule has 32 heteroatoms. The quantitative estimate of drug-likeness (QED) is 0.0192. The number of amides is 8. The Balaban J connectivity index is 2.22. The van der Waals surface area contributed by atoms with Crippen LogP contribution in [0.3, 0.4) is 0 Å². The number of anilines is 1. The van der Waals surface area contributed by atoms with Crippen LogP contribution in [0.1, 0.15) is 109 Å². The van der Waals surface area contributed by atoms with Gasteiger partial charge in [0.2, 0.25) is 51.4 Å². The Kier molecular flexibility index (Phi) is 33.5. The van der Waals surface area contributed by atoms with Crippen molar-refractivity contribution >= 4 is 85.0 Å². The van der Waals surface area contributed by atoms with Crippen molar-refractivity contribution in [2.45, 2.75) is 116 Å². The number of carbonyl (C=O) groups is 10. The highest BCUT2D eigenvalue weighted by Gasteiger charge is 2.34. The average Bonchev–Trinajstić information content (AvgIpc) is 3.33. The van der Waals surface area contributed by atoms with Crippen molar-refractivity contribution in [3.8, 4) is 0 Å². The fraction of sp³-hybridized carbons (Fsp3) is 0.673. The molecular weight excluding hydrogens is 1110 g/mol. The summed E-state index contributed by atoms with van der Waals surface area (Å²) in [7, 11) is -8.36. The van der Waals surface area contributed by atoms with Crippen molar-refractivity contribution in [3.05, 3.63) is 29.8 Å². The van der Waals surface area contributed by atoms with Gasteiger partial charge in [0, 0.05) is 56.6 Å². The lowest BCUT2D eigenvalue weighted by Crippen LogP contribution is -2.45. The Morgan fingerprint density at radius 2 is 1.04 bits per heavy atom. The molecule has 3 atom stereocenters. The van der Waals surface area contributed by atoms with E-state index < -0.39 is 133 Å². The first-order chi connectivity index (χ1) is 37.8. The molecule has 0 spiro atoms. The van der Waals surface area contributed by atoms with Crippen LogP contribution < -0.4 is 48.1 Å². The highest BCUT2D eigenvalue weighted by atomic mass is 32.2. The van der Waals surface area contributed by atoms with Crippen molar-refractivity contribution < 1.29 is 98.5 Å². The van der Waals surface area contributed by atoms with Gasteiger partial charge in [-0.1, -0.05) is 27.7 Å². The number of sulfonamides is 1. The topological polar surface area (TPSA) is 473 Å². The van der Waals surface area contributed by atoms with Crippen molar-refractivity contribution in [2.24, 2.45) is 16.6 Å². The molecule has 8 amide bonds. The first kappa shape index (κ1) is 72.4. The maximum Gasteiger partial charge on any atom is 0.326 e. The Hall–Kier alpha value is -6.58. The van der Waals surface area contributed by atoms with Gasteiger partial charge in [0.15, 0.2) is 0 Å². The fourth-order valence-corrected chi connectivity index (χ4v) is 10.1. The van der Waals surface area contributed by atoms with E-state index in [-0.39, 0.29) is 110 Å². The van der Waals surface area contributed by atoms with E-state index in [2.05, 4.69) is 31.9 Å². The number of nitrogen functional groups attached to an aromatic ring is 1. The van der Waals surface area contributed by atoms with Gasteiger partial charge in [0.1, 0.15) is 31.3 Å². The minimum atomic E-state index is -4.27. The molecule has 0 aliphatic carbocycles. The summed E-state index contributed by atoms with van der Waals surface area (Å²) in [4.78, 5) is 122. The summed E-state index contributed by atoms with van der Waals surface area (Å²) in [6.07, 6.45) is -0.657. The number of ether oxygens (including phenoxy) is 4. The molecule has 14 N–H and O–H groups in total. The number of benzene rings is 1. The highest BCUT2D eigenvalue weighted by molar-refractivity contribution is 7.90. The monoisotopic (exact) mass is 1200 g/mol. The zero-order valence-corrected chi connectivity index (χ0v) is 47.8. The Bertz CT molecular complexity index is 2460. The van der Waals surface area contributed by atoms with Crippen LogP contribution >= 0.6 is 0 Å². The van der Waals surface area contributed by atoms with Gasteiger partial charge >= 0.3 is 11.9 Å². The second-order valence-electron chi connectivity index (χ2n) is 20.3. The predicted molar refractivity (Wildman–Crippen MR) is 289 cm³/mol. The molecule has 0 saturated carbocycles. The molecule has 1 aromatic rings. The van der Waals surface area contributed by atoms with Gasteiger partial charge in [0.25, 0.3) is 16.0 Å². The SMILES string of the molecule is CC(C)(CC(=O)NS(=O)(=O)CCCC(=O)NCCOCCOCC(=O)NC(CCC(=O)N[C@H](CCC(=O)NCCOCCOCC(=O)N[C@@H](CCCCNC(=O)c1ccc(N)cc1)C(N)=O)C(=O)O)C(=O)O)CC(C)(C)CS(=O)(=O)O. The maximum atomic E-state index is 12.6. The molecule has 0 saturated heterocycles. The molecule has 30 nitrogen and oxygen atoms in total. The van der Waals surface area contributed by atoms with E-state index in [4.69, 9.17) is 30.4 Å². The van der Waals surface area contributed by atoms with Gasteiger partial charge in [-0.15, -0.1) is 0 Å². The summed E-state index contributed by atoms with van der Waals surface area (Å²) in [5, 5.41) is 33.9. The Morgan fingerprint density at radius 1 is 0.556 bits per heavy atom. The smallest absolute Gasteiger partial charge is 0.326 e. The number of primary amides is 1. The fourth-order valence-electron chi connectivity index (χ4n) is 7.99. The van der Waals surface area contributed by atoms with E-state index >= 15 is 0 Å². The largest absolute Gasteiger partial charge is 0.480 e. The molecule has 0 aliphatic heterocycles. The lowest BCUT2D eigenvalue weighted by Gasteiger charge is -2.33. The zero-order valence-electron chi connectivity index (χ0n) is 46.2. The molecule has 1 aromatic carbocycles. The number of unbranched alkanes of at least 4 members (excludes halogenated alkanes) is 1. The zero-order chi connectivity index (χ0) is 61.2. The van der Waals surface area contributed by atoms with E-state index in [9.17, 15) is 79.5 Å². The molecule has 81 heavy (non-hydrogen) atoms. The number of hydrogen-bond acceptors (Lipinski definition) is 19. The van der Waals surface area contributed by atoms with Crippen LogP contribution in [0.15, 0.2) is 24.3 Å². The summed E-state index contributed by atoms with van der Waals surface area (Å²) in [5.41, 5.74) is 10.3. The van der Waals surface area contributed by atoms with E-state index in [0.29, 0.717) is 30.6 Å². The maximum absolute atomic E-state index is 12.6. The normalized spacial score (nSPS) is 12.9. The molecule has 0 heterocycles. The third kappa shape index (κ3) is 37.1. The van der Waals surface area contributed by atoms with Crippen LogP contribution in [0.5, 0.6) is 0 Å². The van der Waals surface area contributed by atoms with Gasteiger partial charge in [-0.05, 0) is 80.0 Å². The molecule has 0 fully saturated rings. The Morgan fingerprint density at radius 3 is 1.54 bits per heavy atom. The molecule has 0 aromatic heterocycles. The third-order valence-corrected chi connectivity index (χ3v) is 13.8. The lowest BCUT2D eigenvalue weighted by molar-refractivity contribution is -0.144. The molecule has 460 valence electrons. The summed E-state index contributed by atoms with van der Waals surface area (Å²) < 4.78 is 79.7. The summed E-state index contributed by atoms with van der Waals surface area (Å²) in [5.74, 6) is -9.14. The van der Waals surface area contributed by atoms with Crippen LogP contribution in [-0.4, -0.2) is 193 Å². The molecule has 1 unspecified atom stereocenters. The molecular formula is C49H81N9O21S2. The van der Waals surface area contributed by atoms with Crippen molar-refractivity contribution in [1.82, 2.24) is 36.6 Å². The van der Waals surface area contributed by atoms with Crippen molar-refractivity contribution in [3.63, 3.8) is 0 Å². The van der Waals surface area contributed by atoms with Crippen LogP contribution in [0.25, 0.3) is 0 Å². The number of hydrogen-bond donors (Lipinski definition) is 12. The average molecular weight is 1200 g/mol. The van der Waals surface area contributed by atoms with Crippen LogP contribution in [0.2, 0.25) is 0 Å². The second-order valence-corrected chi connectivity index (χ2v) is 23.6. The van der Waals surface area contributed by atoms with Crippen LogP contribution in [0, 0.1) is 10.8 Å². The number of nitrogens with one attached hydrogen (secondary N) is 7. The first-order valence-electron chi connectivity index (χ1n) is 25.9. The van der Waals surface area contributed by atoms with Crippen LogP contribution in [0.4, 0.5) is 5.69 Å². The number of carboxylic acid groups (broad SMARTS) is 2. The van der Waals surface area contributed by atoms with E-state index in [1.54, 1.807) is 52.0 Å². The second kappa shape index (κ2) is 37.4. The van der Waals surface area contributed by atoms with Gasteiger partial charge in [0.05, 0.1) is 51.1 Å². The number of carboxylic acids is 2. The van der Waals surface area contributed by atoms with Gasteiger partial charge in [-0.3, -0.25) is 47.6 Å². The minimum absolute atomic E-state index is 0.00946. The number of rotatable bonds is 45. The number of aliphatic carboxylic acids is 2. The van der Waals surface area contributed by atoms with Crippen molar-refractivity contribution in [1.29, 1.82) is 0 Å². The van der Waals surface area contributed by atoms with E-state index in [1.807, 2.05) is 4.72 Å². The minimum Gasteiger partial charge on any atom is -0.480 e. The molecule has 1 rings (SSSR count). The predicted octanol–water partition coefficient (Wildman–Crippen LogP) is -1.92. The van der Waals surface area contributed by atoms with Gasteiger partial charge < -0.3 is 72.5 Å². The van der Waals surface area contributed by atoms with Gasteiger partial charge in [-0.25, -0.2) is 18.0 Å². The number of carbonyl (C=O) groups excluding carboxylic acids is 8. The number of nitrogens with two attached hydrogens (primary N) is 2. The summed E-state index contributed by atoms with van der Waals surface area (Å²) in [6.45, 7) is 5.87. The van der Waals surface area contributed by atoms with Crippen molar-refractivity contribution in [2.75, 3.05) is 89.7 Å². The molecule has 0 bridgehead atoms. The van der Waals surface area contributed by atoms with Gasteiger partial charge in [-0.2, -0.15) is 8.42 Å². The van der Waals surface area contributed by atoms with Crippen LogP contribution in [-0.2, 0) is 82.2 Å². The first-order valence-corrected chi connectivity index (χ1v) is 29.1. The lowest BCUT2D eigenvalue weighted by atomic mass is 9.74. The van der Waals surface area contributed by atoms with E-state index in [1.165, 1.54) is 0 Å². The summed E-state index contributed by atoms with van der Waals surface area (Å²) in [6, 6.07) is 2.43. The van der Waals surface area contributed by atoms with E-state index in [0.717, 1.165) is 0 Å². The Labute approximate surface area is 471 Å².